The molecule has 0 unspecified atom stereocenters. The minimum Gasteiger partial charge on any atom is -0.486 e. The quantitative estimate of drug-likeness (QED) is 0.193. The van der Waals surface area contributed by atoms with Crippen molar-refractivity contribution in [3.05, 3.63) is 118 Å². The second-order valence-electron chi connectivity index (χ2n) is 10.1. The van der Waals surface area contributed by atoms with Gasteiger partial charge in [0.05, 0.1) is 29.2 Å². The van der Waals surface area contributed by atoms with E-state index in [1.54, 1.807) is 24.3 Å². The summed E-state index contributed by atoms with van der Waals surface area (Å²) in [6.07, 6.45) is 1.02. The summed E-state index contributed by atoms with van der Waals surface area (Å²) in [5.41, 5.74) is 3.03. The largest absolute Gasteiger partial charge is 0.486 e. The van der Waals surface area contributed by atoms with E-state index in [0.29, 0.717) is 46.7 Å². The van der Waals surface area contributed by atoms with Crippen molar-refractivity contribution in [2.45, 2.75) is 32.1 Å². The van der Waals surface area contributed by atoms with E-state index in [4.69, 9.17) is 21.1 Å². The number of imidazole rings is 1. The molecule has 0 bridgehead atoms. The molecule has 10 heteroatoms. The number of carboxylic acid groups (broad SMARTS) is 1. The third-order valence-corrected chi connectivity index (χ3v) is 7.55. The maximum atomic E-state index is 15.4. The smallest absolute Gasteiger partial charge is 0.335 e. The van der Waals surface area contributed by atoms with E-state index >= 15 is 4.39 Å². The van der Waals surface area contributed by atoms with Crippen molar-refractivity contribution < 1.29 is 32.5 Å². The average molecular weight is 593 g/mol. The van der Waals surface area contributed by atoms with Gasteiger partial charge in [-0.05, 0) is 71.6 Å². The fourth-order valence-corrected chi connectivity index (χ4v) is 5.06. The molecule has 6 rings (SSSR count). The van der Waals surface area contributed by atoms with E-state index in [-0.39, 0.29) is 41.0 Å². The van der Waals surface area contributed by atoms with E-state index in [1.165, 1.54) is 42.5 Å². The number of aromatic nitrogens is 2. The Morgan fingerprint density at radius 1 is 0.952 bits per heavy atom. The summed E-state index contributed by atoms with van der Waals surface area (Å²) in [5, 5.41) is 9.70. The van der Waals surface area contributed by atoms with Crippen molar-refractivity contribution >= 4 is 28.6 Å². The molecule has 6 nitrogen and oxygen atoms in total. The summed E-state index contributed by atoms with van der Waals surface area (Å²) in [4.78, 5) is 16.2. The van der Waals surface area contributed by atoms with E-state index in [2.05, 4.69) is 4.98 Å². The van der Waals surface area contributed by atoms with Crippen LogP contribution in [0, 0.1) is 17.5 Å². The molecule has 214 valence electrons. The standard InChI is InChI=1S/C32H24ClF3N2O4/c33-23-6-3-22(27(36)15-23)17-42-30-13-19(4-7-25(30)34)18-1-2-20(26(35)11-18)14-31-37-28-8-5-21(32(39)40)12-29(28)38(31)16-24-9-10-41-24/h1-8,11-13,15,24H,9-10,14,16-17H2,(H,39,40)/t24-/m0/s1. The molecular formula is C32H24ClF3N2O4. The first-order valence-electron chi connectivity index (χ1n) is 13.2. The Hall–Kier alpha value is -4.34. The third kappa shape index (κ3) is 5.70. The van der Waals surface area contributed by atoms with Crippen molar-refractivity contribution in [1.82, 2.24) is 9.55 Å². The summed E-state index contributed by atoms with van der Waals surface area (Å²) >= 11 is 5.79. The zero-order valence-corrected chi connectivity index (χ0v) is 22.9. The minimum atomic E-state index is -1.04. The number of nitrogens with zero attached hydrogens (tertiary/aromatic N) is 2. The van der Waals surface area contributed by atoms with Crippen molar-refractivity contribution in [3.63, 3.8) is 0 Å². The van der Waals surface area contributed by atoms with E-state index in [0.717, 1.165) is 12.5 Å². The number of hydrogen-bond donors (Lipinski definition) is 1. The van der Waals surface area contributed by atoms with Crippen molar-refractivity contribution in [2.75, 3.05) is 6.61 Å². The number of carbonyl (C=O) groups is 1. The lowest BCUT2D eigenvalue weighted by Crippen LogP contribution is -2.31. The molecule has 4 aromatic carbocycles. The summed E-state index contributed by atoms with van der Waals surface area (Å²) in [6.45, 7) is 0.932. The van der Waals surface area contributed by atoms with Crippen LogP contribution >= 0.6 is 11.6 Å². The predicted octanol–water partition coefficient (Wildman–Crippen LogP) is 7.43. The van der Waals surface area contributed by atoms with Gasteiger partial charge in [0, 0.05) is 23.6 Å². The van der Waals surface area contributed by atoms with Crippen LogP contribution in [0.1, 0.15) is 33.7 Å². The maximum Gasteiger partial charge on any atom is 0.335 e. The second-order valence-corrected chi connectivity index (χ2v) is 10.5. The monoisotopic (exact) mass is 592 g/mol. The van der Waals surface area contributed by atoms with Crippen LogP contribution in [0.5, 0.6) is 5.75 Å². The van der Waals surface area contributed by atoms with Gasteiger partial charge in [-0.1, -0.05) is 35.9 Å². The normalized spacial score (nSPS) is 14.6. The molecule has 1 saturated heterocycles. The summed E-state index contributed by atoms with van der Waals surface area (Å²) < 4.78 is 57.1. The lowest BCUT2D eigenvalue weighted by atomic mass is 10.0. The van der Waals surface area contributed by atoms with Gasteiger partial charge >= 0.3 is 5.97 Å². The first kappa shape index (κ1) is 27.8. The van der Waals surface area contributed by atoms with Gasteiger partial charge in [-0.25, -0.2) is 22.9 Å². The van der Waals surface area contributed by atoms with Gasteiger partial charge in [0.1, 0.15) is 24.1 Å². The van der Waals surface area contributed by atoms with Crippen LogP contribution in [0.15, 0.2) is 72.8 Å². The maximum absolute atomic E-state index is 15.4. The molecule has 1 aromatic heterocycles. The Labute approximate surface area is 243 Å². The van der Waals surface area contributed by atoms with Gasteiger partial charge in [-0.2, -0.15) is 0 Å². The summed E-state index contributed by atoms with van der Waals surface area (Å²) in [7, 11) is 0. The van der Waals surface area contributed by atoms with Gasteiger partial charge in [0.25, 0.3) is 0 Å². The SMILES string of the molecule is O=C(O)c1ccc2nc(Cc3ccc(-c4ccc(F)c(OCc5ccc(Cl)cc5F)c4)cc3F)n(C[C@@H]3CCO3)c2c1. The highest BCUT2D eigenvalue weighted by Crippen LogP contribution is 2.30. The number of fused-ring (bicyclic) bond motifs is 1. The van der Waals surface area contributed by atoms with E-state index in [1.807, 2.05) is 4.57 Å². The molecule has 1 fully saturated rings. The number of carboxylic acids is 1. The summed E-state index contributed by atoms with van der Waals surface area (Å²) in [6, 6.07) is 17.7. The Bertz CT molecular complexity index is 1820. The molecular weight excluding hydrogens is 569 g/mol. The average Bonchev–Trinajstić information content (AvgIpc) is 3.28. The predicted molar refractivity (Wildman–Crippen MR) is 151 cm³/mol. The van der Waals surface area contributed by atoms with Gasteiger partial charge in [0.2, 0.25) is 0 Å². The third-order valence-electron chi connectivity index (χ3n) is 7.32. The summed E-state index contributed by atoms with van der Waals surface area (Å²) in [5.74, 6) is -2.23. The molecule has 1 atom stereocenters. The molecule has 1 N–H and O–H groups in total. The first-order chi connectivity index (χ1) is 20.2. The zero-order valence-electron chi connectivity index (χ0n) is 22.1. The number of hydrogen-bond acceptors (Lipinski definition) is 4. The van der Waals surface area contributed by atoms with Gasteiger partial charge in [0.15, 0.2) is 11.6 Å². The van der Waals surface area contributed by atoms with Crippen molar-refractivity contribution in [3.8, 4) is 16.9 Å². The van der Waals surface area contributed by atoms with Gasteiger partial charge < -0.3 is 19.1 Å². The molecule has 0 saturated carbocycles. The van der Waals surface area contributed by atoms with Crippen LogP contribution in [0.2, 0.25) is 5.02 Å². The van der Waals surface area contributed by atoms with Crippen LogP contribution in [-0.4, -0.2) is 33.3 Å². The first-order valence-corrected chi connectivity index (χ1v) is 13.6. The second kappa shape index (κ2) is 11.5. The topological polar surface area (TPSA) is 73.6 Å². The molecule has 1 aliphatic rings. The molecule has 0 spiro atoms. The zero-order chi connectivity index (χ0) is 29.4. The molecule has 0 radical (unpaired) electrons. The molecule has 1 aliphatic heterocycles. The Morgan fingerprint density at radius 2 is 1.69 bits per heavy atom. The van der Waals surface area contributed by atoms with Crippen LogP contribution < -0.4 is 4.74 Å². The van der Waals surface area contributed by atoms with Crippen LogP contribution in [0.25, 0.3) is 22.2 Å². The fraction of sp³-hybridized carbons (Fsp3) is 0.188. The van der Waals surface area contributed by atoms with E-state index < -0.39 is 23.4 Å². The highest BCUT2D eigenvalue weighted by molar-refractivity contribution is 6.30. The molecule has 2 heterocycles. The number of ether oxygens (including phenoxy) is 2. The van der Waals surface area contributed by atoms with Crippen molar-refractivity contribution in [1.29, 1.82) is 0 Å². The number of benzene rings is 4. The number of aromatic carboxylic acids is 1. The van der Waals surface area contributed by atoms with Crippen molar-refractivity contribution in [2.24, 2.45) is 0 Å². The minimum absolute atomic E-state index is 0.0204. The van der Waals surface area contributed by atoms with Gasteiger partial charge in [-0.3, -0.25) is 0 Å². The lowest BCUT2D eigenvalue weighted by Gasteiger charge is -2.27. The van der Waals surface area contributed by atoms with Crippen LogP contribution in [0.3, 0.4) is 0 Å². The molecule has 5 aromatic rings. The lowest BCUT2D eigenvalue weighted by molar-refractivity contribution is -0.0589. The fourth-order valence-electron chi connectivity index (χ4n) is 4.90. The highest BCUT2D eigenvalue weighted by Gasteiger charge is 2.23. The molecule has 0 aliphatic carbocycles. The van der Waals surface area contributed by atoms with E-state index in [9.17, 15) is 18.7 Å². The van der Waals surface area contributed by atoms with Gasteiger partial charge in [-0.15, -0.1) is 0 Å². The number of halogens is 4. The number of rotatable bonds is 9. The van der Waals surface area contributed by atoms with Crippen LogP contribution in [-0.2, 0) is 24.3 Å². The molecule has 42 heavy (non-hydrogen) atoms. The Morgan fingerprint density at radius 3 is 2.40 bits per heavy atom. The Balaban J connectivity index is 1.25. The van der Waals surface area contributed by atoms with Crippen LogP contribution in [0.4, 0.5) is 13.2 Å². The highest BCUT2D eigenvalue weighted by atomic mass is 35.5. The Kier molecular flexibility index (Phi) is 7.62. The molecule has 0 amide bonds.